The van der Waals surface area contributed by atoms with Crippen molar-refractivity contribution in [1.82, 2.24) is 10.7 Å². The van der Waals surface area contributed by atoms with Crippen LogP contribution in [0.4, 0.5) is 0 Å². The van der Waals surface area contributed by atoms with E-state index in [1.807, 2.05) is 37.3 Å². The van der Waals surface area contributed by atoms with E-state index < -0.39 is 11.8 Å². The van der Waals surface area contributed by atoms with E-state index in [2.05, 4.69) is 15.8 Å². The molecule has 0 atom stereocenters. The van der Waals surface area contributed by atoms with Gasteiger partial charge in [0.25, 0.3) is 0 Å². The molecule has 0 unspecified atom stereocenters. The molecule has 0 radical (unpaired) electrons. The molecule has 0 bridgehead atoms. The Bertz CT molecular complexity index is 779. The number of nitrogens with zero attached hydrogens (tertiary/aromatic N) is 1. The summed E-state index contributed by atoms with van der Waals surface area (Å²) in [5, 5.41) is 6.85. The molecule has 2 N–H and O–H groups in total. The highest BCUT2D eigenvalue weighted by Crippen LogP contribution is 2.21. The molecule has 0 heterocycles. The van der Waals surface area contributed by atoms with Crippen molar-refractivity contribution in [3.8, 4) is 5.75 Å². The lowest BCUT2D eigenvalue weighted by Gasteiger charge is -2.07. The van der Waals surface area contributed by atoms with E-state index in [4.69, 9.17) is 16.3 Å². The zero-order valence-electron chi connectivity index (χ0n) is 14.4. The third-order valence-electron chi connectivity index (χ3n) is 3.39. The van der Waals surface area contributed by atoms with E-state index in [0.717, 1.165) is 5.56 Å². The number of halogens is 1. The number of hydrazone groups is 1. The van der Waals surface area contributed by atoms with Gasteiger partial charge in [0.2, 0.25) is 0 Å². The fourth-order valence-electron chi connectivity index (χ4n) is 2.16. The number of carbonyl (C=O) groups is 2. The number of nitrogens with one attached hydrogen (secondary N) is 2. The zero-order chi connectivity index (χ0) is 18.8. The Labute approximate surface area is 157 Å². The van der Waals surface area contributed by atoms with Crippen molar-refractivity contribution in [2.75, 3.05) is 13.2 Å². The Kier molecular flexibility index (Phi) is 7.64. The number of carbonyl (C=O) groups excluding carboxylic acids is 2. The van der Waals surface area contributed by atoms with Crippen molar-refractivity contribution < 1.29 is 14.3 Å². The largest absolute Gasteiger partial charge is 0.493 e. The standard InChI is InChI=1S/C19H20ClN3O3/c1-2-26-17-9-8-16(20)12-15(17)13-22-23-19(25)18(24)21-11-10-14-6-4-3-5-7-14/h3-9,12-13H,2,10-11H2,1H3,(H,21,24)(H,23,25)/b22-13-. The summed E-state index contributed by atoms with van der Waals surface area (Å²) in [6.45, 7) is 2.71. The fraction of sp³-hybridized carbons (Fsp3) is 0.211. The van der Waals surface area contributed by atoms with Gasteiger partial charge in [-0.25, -0.2) is 5.43 Å². The van der Waals surface area contributed by atoms with Crippen LogP contribution >= 0.6 is 11.6 Å². The minimum absolute atomic E-state index is 0.364. The lowest BCUT2D eigenvalue weighted by molar-refractivity contribution is -0.139. The Morgan fingerprint density at radius 2 is 1.92 bits per heavy atom. The molecule has 26 heavy (non-hydrogen) atoms. The van der Waals surface area contributed by atoms with Gasteiger partial charge >= 0.3 is 11.8 Å². The lowest BCUT2D eigenvalue weighted by atomic mass is 10.1. The van der Waals surface area contributed by atoms with E-state index in [1.165, 1.54) is 6.21 Å². The molecule has 0 aliphatic carbocycles. The number of hydrogen-bond donors (Lipinski definition) is 2. The first kappa shape index (κ1) is 19.5. The predicted molar refractivity (Wildman–Crippen MR) is 102 cm³/mol. The summed E-state index contributed by atoms with van der Waals surface area (Å²) in [5.41, 5.74) is 3.87. The summed E-state index contributed by atoms with van der Waals surface area (Å²) in [6.07, 6.45) is 2.02. The highest BCUT2D eigenvalue weighted by molar-refractivity contribution is 6.35. The SMILES string of the molecule is CCOc1ccc(Cl)cc1/C=N\NC(=O)C(=O)NCCc1ccccc1. The summed E-state index contributed by atoms with van der Waals surface area (Å²) < 4.78 is 5.45. The average Bonchev–Trinajstić information content (AvgIpc) is 2.64. The number of amides is 2. The molecule has 6 nitrogen and oxygen atoms in total. The normalized spacial score (nSPS) is 10.5. The van der Waals surface area contributed by atoms with Crippen LogP contribution in [-0.2, 0) is 16.0 Å². The molecule has 7 heteroatoms. The molecule has 0 aliphatic rings. The van der Waals surface area contributed by atoms with Gasteiger partial charge in [-0.15, -0.1) is 0 Å². The van der Waals surface area contributed by atoms with E-state index in [1.54, 1.807) is 18.2 Å². The second kappa shape index (κ2) is 10.2. The first-order valence-electron chi connectivity index (χ1n) is 8.17. The smallest absolute Gasteiger partial charge is 0.329 e. The highest BCUT2D eigenvalue weighted by atomic mass is 35.5. The molecule has 0 aromatic heterocycles. The number of ether oxygens (including phenoxy) is 1. The molecule has 0 aliphatic heterocycles. The Hall–Kier alpha value is -2.86. The maximum atomic E-state index is 11.8. The van der Waals surface area contributed by atoms with Gasteiger partial charge in [0.05, 0.1) is 12.8 Å². The number of rotatable bonds is 7. The van der Waals surface area contributed by atoms with E-state index in [-0.39, 0.29) is 0 Å². The van der Waals surface area contributed by atoms with Crippen molar-refractivity contribution in [2.24, 2.45) is 5.10 Å². The summed E-state index contributed by atoms with van der Waals surface area (Å²) in [7, 11) is 0. The molecule has 2 rings (SSSR count). The molecular weight excluding hydrogens is 354 g/mol. The van der Waals surface area contributed by atoms with Crippen LogP contribution in [0, 0.1) is 0 Å². The predicted octanol–water partition coefficient (Wildman–Crippen LogP) is 2.55. The third kappa shape index (κ3) is 6.22. The van der Waals surface area contributed by atoms with Gasteiger partial charge in [-0.3, -0.25) is 9.59 Å². The van der Waals surface area contributed by atoms with E-state index in [9.17, 15) is 9.59 Å². The van der Waals surface area contributed by atoms with Crippen molar-refractivity contribution in [1.29, 1.82) is 0 Å². The van der Waals surface area contributed by atoms with Gasteiger partial charge in [-0.1, -0.05) is 41.9 Å². The van der Waals surface area contributed by atoms with Crippen LogP contribution in [0.3, 0.4) is 0 Å². The van der Waals surface area contributed by atoms with E-state index in [0.29, 0.717) is 35.9 Å². The summed E-state index contributed by atoms with van der Waals surface area (Å²) in [4.78, 5) is 23.5. The third-order valence-corrected chi connectivity index (χ3v) is 3.62. The topological polar surface area (TPSA) is 79.8 Å². The lowest BCUT2D eigenvalue weighted by Crippen LogP contribution is -2.38. The van der Waals surface area contributed by atoms with Crippen LogP contribution in [0.1, 0.15) is 18.1 Å². The molecule has 2 amide bonds. The minimum atomic E-state index is -0.839. The molecule has 136 valence electrons. The van der Waals surface area contributed by atoms with E-state index >= 15 is 0 Å². The maximum absolute atomic E-state index is 11.8. The van der Waals surface area contributed by atoms with Crippen LogP contribution in [0.25, 0.3) is 0 Å². The number of hydrogen-bond acceptors (Lipinski definition) is 4. The molecule has 2 aromatic rings. The Morgan fingerprint density at radius 1 is 1.15 bits per heavy atom. The monoisotopic (exact) mass is 373 g/mol. The molecule has 0 spiro atoms. The van der Waals surface area contributed by atoms with Gasteiger partial charge in [-0.05, 0) is 37.1 Å². The number of benzene rings is 2. The minimum Gasteiger partial charge on any atom is -0.493 e. The van der Waals surface area contributed by atoms with Gasteiger partial charge in [0.1, 0.15) is 5.75 Å². The quantitative estimate of drug-likeness (QED) is 0.444. The van der Waals surface area contributed by atoms with Gasteiger partial charge in [0, 0.05) is 17.1 Å². The van der Waals surface area contributed by atoms with Crippen molar-refractivity contribution in [3.05, 3.63) is 64.7 Å². The zero-order valence-corrected chi connectivity index (χ0v) is 15.1. The van der Waals surface area contributed by atoms with Crippen LogP contribution < -0.4 is 15.5 Å². The molecule has 0 fully saturated rings. The van der Waals surface area contributed by atoms with Crippen molar-refractivity contribution in [2.45, 2.75) is 13.3 Å². The fourth-order valence-corrected chi connectivity index (χ4v) is 2.34. The summed E-state index contributed by atoms with van der Waals surface area (Å²) >= 11 is 5.95. The average molecular weight is 374 g/mol. The maximum Gasteiger partial charge on any atom is 0.329 e. The Balaban J connectivity index is 1.83. The van der Waals surface area contributed by atoms with Gasteiger partial charge < -0.3 is 10.1 Å². The molecule has 2 aromatic carbocycles. The molecular formula is C19H20ClN3O3. The van der Waals surface area contributed by atoms with Crippen LogP contribution in [0.5, 0.6) is 5.75 Å². The van der Waals surface area contributed by atoms with Gasteiger partial charge in [0.15, 0.2) is 0 Å². The van der Waals surface area contributed by atoms with Crippen LogP contribution in [-0.4, -0.2) is 31.2 Å². The summed E-state index contributed by atoms with van der Waals surface area (Å²) in [5.74, 6) is -0.995. The molecule has 0 saturated heterocycles. The van der Waals surface area contributed by atoms with Crippen LogP contribution in [0.15, 0.2) is 53.6 Å². The van der Waals surface area contributed by atoms with Crippen molar-refractivity contribution >= 4 is 29.6 Å². The summed E-state index contributed by atoms with van der Waals surface area (Å²) in [6, 6.07) is 14.7. The first-order chi connectivity index (χ1) is 12.6. The second-order valence-electron chi connectivity index (χ2n) is 5.31. The van der Waals surface area contributed by atoms with Crippen molar-refractivity contribution in [3.63, 3.8) is 0 Å². The first-order valence-corrected chi connectivity index (χ1v) is 8.55. The second-order valence-corrected chi connectivity index (χ2v) is 5.74. The Morgan fingerprint density at radius 3 is 2.65 bits per heavy atom. The highest BCUT2D eigenvalue weighted by Gasteiger charge is 2.11. The van der Waals surface area contributed by atoms with Gasteiger partial charge in [-0.2, -0.15) is 5.10 Å². The molecule has 0 saturated carbocycles. The van der Waals surface area contributed by atoms with Crippen LogP contribution in [0.2, 0.25) is 5.02 Å².